The van der Waals surface area contributed by atoms with Gasteiger partial charge in [0.25, 0.3) is 0 Å². The zero-order chi connectivity index (χ0) is 25.7. The molecule has 8 nitrogen and oxygen atoms in total. The summed E-state index contributed by atoms with van der Waals surface area (Å²) < 4.78 is 10.9. The molecular formula is C27H25ClN4O4. The Morgan fingerprint density at radius 1 is 1.03 bits per heavy atom. The van der Waals surface area contributed by atoms with Gasteiger partial charge in [-0.15, -0.1) is 0 Å². The molecule has 0 bridgehead atoms. The van der Waals surface area contributed by atoms with Gasteiger partial charge in [-0.05, 0) is 55.0 Å². The van der Waals surface area contributed by atoms with Crippen LogP contribution in [0.1, 0.15) is 34.5 Å². The first-order valence-electron chi connectivity index (χ1n) is 11.3. The summed E-state index contributed by atoms with van der Waals surface area (Å²) in [5.41, 5.74) is 2.24. The predicted molar refractivity (Wildman–Crippen MR) is 139 cm³/mol. The lowest BCUT2D eigenvalue weighted by atomic mass is 9.95. The van der Waals surface area contributed by atoms with E-state index in [1.54, 1.807) is 69.8 Å². The highest BCUT2D eigenvalue weighted by Gasteiger charge is 2.26. The number of esters is 1. The number of rotatable bonds is 7. The number of ether oxygens (including phenoxy) is 2. The van der Waals surface area contributed by atoms with Crippen molar-refractivity contribution < 1.29 is 19.1 Å². The number of halogens is 1. The molecule has 0 spiro atoms. The summed E-state index contributed by atoms with van der Waals surface area (Å²) in [6.07, 6.45) is 2.73. The van der Waals surface area contributed by atoms with E-state index in [0.717, 1.165) is 5.56 Å². The van der Waals surface area contributed by atoms with Crippen LogP contribution >= 0.6 is 11.6 Å². The molecule has 9 heteroatoms. The lowest BCUT2D eigenvalue weighted by Gasteiger charge is -2.24. The second kappa shape index (κ2) is 11.0. The number of carbonyl (C=O) groups is 2. The summed E-state index contributed by atoms with van der Waals surface area (Å²) in [6.45, 7) is 2.04. The fourth-order valence-electron chi connectivity index (χ4n) is 3.66. The molecule has 1 unspecified atom stereocenters. The molecule has 184 valence electrons. The van der Waals surface area contributed by atoms with Crippen LogP contribution in [0.4, 0.5) is 10.6 Å². The molecule has 1 atom stereocenters. The van der Waals surface area contributed by atoms with Crippen LogP contribution in [0.2, 0.25) is 5.02 Å². The monoisotopic (exact) mass is 504 g/mol. The van der Waals surface area contributed by atoms with Gasteiger partial charge in [0.15, 0.2) is 5.75 Å². The lowest BCUT2D eigenvalue weighted by molar-refractivity contribution is 0.0526. The van der Waals surface area contributed by atoms with Gasteiger partial charge in [0.05, 0.1) is 23.2 Å². The van der Waals surface area contributed by atoms with Crippen molar-refractivity contribution in [1.82, 2.24) is 14.9 Å². The average molecular weight is 505 g/mol. The van der Waals surface area contributed by atoms with E-state index < -0.39 is 18.1 Å². The maximum Gasteiger partial charge on any atom is 0.414 e. The molecule has 0 radical (unpaired) electrons. The largest absolute Gasteiger partial charge is 0.462 e. The van der Waals surface area contributed by atoms with Gasteiger partial charge in [-0.25, -0.2) is 14.6 Å². The fraction of sp³-hybridized carbons (Fsp3) is 0.185. The summed E-state index contributed by atoms with van der Waals surface area (Å²) in [7, 11) is 3.20. The van der Waals surface area contributed by atoms with Crippen molar-refractivity contribution in [1.29, 1.82) is 0 Å². The molecule has 4 aromatic rings. The topological polar surface area (TPSA) is 93.6 Å². The number of benzene rings is 2. The number of pyridine rings is 2. The number of nitrogens with one attached hydrogen (secondary N) is 1. The van der Waals surface area contributed by atoms with Crippen LogP contribution in [-0.4, -0.2) is 47.6 Å². The van der Waals surface area contributed by atoms with Gasteiger partial charge in [0.2, 0.25) is 0 Å². The normalized spacial score (nSPS) is 11.6. The molecule has 1 amide bonds. The van der Waals surface area contributed by atoms with Crippen molar-refractivity contribution in [3.8, 4) is 5.75 Å². The van der Waals surface area contributed by atoms with Crippen LogP contribution in [0.25, 0.3) is 10.9 Å². The molecule has 0 saturated carbocycles. The number of amides is 1. The number of anilines is 1. The summed E-state index contributed by atoms with van der Waals surface area (Å²) in [6, 6.07) is 17.3. The first kappa shape index (κ1) is 24.9. The van der Waals surface area contributed by atoms with Gasteiger partial charge in [-0.1, -0.05) is 29.8 Å². The predicted octanol–water partition coefficient (Wildman–Crippen LogP) is 5.72. The highest BCUT2D eigenvalue weighted by molar-refractivity contribution is 6.35. The zero-order valence-corrected chi connectivity index (χ0v) is 20.8. The maximum absolute atomic E-state index is 12.7. The standard InChI is InChI=1S/C27H25ClN4O4/c1-4-35-26(33)18-12-10-17(11-13-18)23(31-22-9-5-6-14-29-22)20-16-21(28)19-8-7-15-30-24(19)25(20)36-27(34)32(2)3/h5-16,23H,4H2,1-3H3,(H,29,31). The van der Waals surface area contributed by atoms with E-state index in [2.05, 4.69) is 15.3 Å². The summed E-state index contributed by atoms with van der Waals surface area (Å²) in [4.78, 5) is 35.0. The van der Waals surface area contributed by atoms with Gasteiger partial charge >= 0.3 is 12.1 Å². The second-order valence-corrected chi connectivity index (χ2v) is 8.48. The first-order chi connectivity index (χ1) is 17.4. The van der Waals surface area contributed by atoms with E-state index in [1.165, 1.54) is 4.90 Å². The Morgan fingerprint density at radius 2 is 1.78 bits per heavy atom. The van der Waals surface area contributed by atoms with Crippen LogP contribution in [0.5, 0.6) is 5.75 Å². The molecule has 2 aromatic heterocycles. The van der Waals surface area contributed by atoms with E-state index in [0.29, 0.717) is 32.9 Å². The number of hydrogen-bond donors (Lipinski definition) is 1. The first-order valence-corrected chi connectivity index (χ1v) is 11.7. The molecule has 1 N–H and O–H groups in total. The van der Waals surface area contributed by atoms with Crippen molar-refractivity contribution in [3.63, 3.8) is 0 Å². The number of nitrogens with zero attached hydrogens (tertiary/aromatic N) is 3. The molecule has 36 heavy (non-hydrogen) atoms. The number of fused-ring (bicyclic) bond motifs is 1. The third kappa shape index (κ3) is 5.39. The smallest absolute Gasteiger partial charge is 0.414 e. The van der Waals surface area contributed by atoms with E-state index in [4.69, 9.17) is 21.1 Å². The van der Waals surface area contributed by atoms with E-state index >= 15 is 0 Å². The van der Waals surface area contributed by atoms with Crippen molar-refractivity contribution >= 4 is 40.4 Å². The average Bonchev–Trinajstić information content (AvgIpc) is 2.89. The highest BCUT2D eigenvalue weighted by Crippen LogP contribution is 2.40. The summed E-state index contributed by atoms with van der Waals surface area (Å²) in [5.74, 6) is 0.465. The van der Waals surface area contributed by atoms with Gasteiger partial charge in [0.1, 0.15) is 11.3 Å². The van der Waals surface area contributed by atoms with Crippen LogP contribution in [0.15, 0.2) is 73.1 Å². The molecule has 2 aromatic carbocycles. The van der Waals surface area contributed by atoms with Crippen molar-refractivity contribution in [3.05, 3.63) is 94.8 Å². The van der Waals surface area contributed by atoms with Crippen LogP contribution in [-0.2, 0) is 4.74 Å². The summed E-state index contributed by atoms with van der Waals surface area (Å²) >= 11 is 6.67. The third-order valence-electron chi connectivity index (χ3n) is 5.40. The van der Waals surface area contributed by atoms with Crippen molar-refractivity contribution in [2.24, 2.45) is 0 Å². The Kier molecular flexibility index (Phi) is 7.65. The minimum Gasteiger partial charge on any atom is -0.462 e. The molecule has 0 aliphatic heterocycles. The highest BCUT2D eigenvalue weighted by atomic mass is 35.5. The zero-order valence-electron chi connectivity index (χ0n) is 20.1. The quantitative estimate of drug-likeness (QED) is 0.321. The Hall–Kier alpha value is -4.17. The third-order valence-corrected chi connectivity index (χ3v) is 5.72. The minimum atomic E-state index is -0.556. The molecule has 4 rings (SSSR count). The number of carbonyl (C=O) groups excluding carboxylic acids is 2. The molecule has 2 heterocycles. The molecular weight excluding hydrogens is 480 g/mol. The van der Waals surface area contributed by atoms with Gasteiger partial charge < -0.3 is 19.7 Å². The lowest BCUT2D eigenvalue weighted by Crippen LogP contribution is -2.26. The fourth-order valence-corrected chi connectivity index (χ4v) is 3.93. The van der Waals surface area contributed by atoms with E-state index in [1.807, 2.05) is 24.3 Å². The van der Waals surface area contributed by atoms with Crippen LogP contribution < -0.4 is 10.1 Å². The molecule has 0 aliphatic carbocycles. The SMILES string of the molecule is CCOC(=O)c1ccc(C(Nc2ccccn2)c2cc(Cl)c3cccnc3c2OC(=O)N(C)C)cc1. The van der Waals surface area contributed by atoms with Gasteiger partial charge in [-0.2, -0.15) is 0 Å². The molecule has 0 fully saturated rings. The van der Waals surface area contributed by atoms with Gasteiger partial charge in [0, 0.05) is 37.4 Å². The molecule has 0 saturated heterocycles. The second-order valence-electron chi connectivity index (χ2n) is 8.07. The minimum absolute atomic E-state index is 0.275. The maximum atomic E-state index is 12.7. The summed E-state index contributed by atoms with van der Waals surface area (Å²) in [5, 5.41) is 4.51. The number of hydrogen-bond acceptors (Lipinski definition) is 7. The Labute approximate surface area is 213 Å². The van der Waals surface area contributed by atoms with Crippen LogP contribution in [0.3, 0.4) is 0 Å². The Morgan fingerprint density at radius 3 is 2.44 bits per heavy atom. The Balaban J connectivity index is 1.89. The van der Waals surface area contributed by atoms with Crippen molar-refractivity contribution in [2.45, 2.75) is 13.0 Å². The van der Waals surface area contributed by atoms with Crippen LogP contribution in [0, 0.1) is 0 Å². The number of aromatic nitrogens is 2. The van der Waals surface area contributed by atoms with Crippen molar-refractivity contribution in [2.75, 3.05) is 26.0 Å². The van der Waals surface area contributed by atoms with E-state index in [9.17, 15) is 9.59 Å². The Bertz CT molecular complexity index is 1380. The molecule has 0 aliphatic rings. The van der Waals surface area contributed by atoms with Gasteiger partial charge in [-0.3, -0.25) is 4.98 Å². The van der Waals surface area contributed by atoms with E-state index in [-0.39, 0.29) is 12.4 Å².